The summed E-state index contributed by atoms with van der Waals surface area (Å²) in [6, 6.07) is 10.9. The topological polar surface area (TPSA) is 45.5 Å². The lowest BCUT2D eigenvalue weighted by molar-refractivity contribution is 0.0918. The van der Waals surface area contributed by atoms with Crippen molar-refractivity contribution in [2.24, 2.45) is 5.92 Å². The van der Waals surface area contributed by atoms with Gasteiger partial charge >= 0.3 is 0 Å². The lowest BCUT2D eigenvalue weighted by Crippen LogP contribution is -2.33. The molecule has 0 bridgehead atoms. The van der Waals surface area contributed by atoms with Gasteiger partial charge in [0.05, 0.1) is 5.02 Å². The van der Waals surface area contributed by atoms with E-state index in [0.717, 1.165) is 18.7 Å². The molecule has 0 aliphatic heterocycles. The summed E-state index contributed by atoms with van der Waals surface area (Å²) in [5, 5.41) is 3.52. The highest BCUT2D eigenvalue weighted by Crippen LogP contribution is 2.28. The number of furan rings is 1. The molecule has 4 nitrogen and oxygen atoms in total. The van der Waals surface area contributed by atoms with Crippen LogP contribution in [0.25, 0.3) is 11.3 Å². The molecule has 0 saturated carbocycles. The SMILES string of the molecule is CCN(C)CC(C)CNC(=O)c1ccc(-c2ccccc2Cl)o1. The van der Waals surface area contributed by atoms with E-state index in [1.807, 2.05) is 18.2 Å². The van der Waals surface area contributed by atoms with Crippen LogP contribution in [0.2, 0.25) is 5.02 Å². The first kappa shape index (κ1) is 17.6. The summed E-state index contributed by atoms with van der Waals surface area (Å²) in [4.78, 5) is 14.4. The van der Waals surface area contributed by atoms with E-state index in [9.17, 15) is 4.79 Å². The number of halogens is 1. The van der Waals surface area contributed by atoms with Crippen LogP contribution in [-0.4, -0.2) is 37.5 Å². The normalized spacial score (nSPS) is 12.4. The number of carbonyl (C=O) groups is 1. The predicted octanol–water partition coefficient (Wildman–Crippen LogP) is 3.92. The van der Waals surface area contributed by atoms with Crippen molar-refractivity contribution in [3.63, 3.8) is 0 Å². The van der Waals surface area contributed by atoms with Gasteiger partial charge in [-0.1, -0.05) is 37.6 Å². The van der Waals surface area contributed by atoms with Gasteiger partial charge in [0.1, 0.15) is 5.76 Å². The molecule has 1 aromatic heterocycles. The van der Waals surface area contributed by atoms with Gasteiger partial charge in [-0.25, -0.2) is 0 Å². The smallest absolute Gasteiger partial charge is 0.287 e. The van der Waals surface area contributed by atoms with E-state index in [2.05, 4.69) is 31.1 Å². The van der Waals surface area contributed by atoms with Crippen molar-refractivity contribution in [3.05, 3.63) is 47.2 Å². The lowest BCUT2D eigenvalue weighted by Gasteiger charge is -2.19. The zero-order chi connectivity index (χ0) is 16.8. The third-order valence-electron chi connectivity index (χ3n) is 3.74. The summed E-state index contributed by atoms with van der Waals surface area (Å²) in [6.45, 7) is 6.79. The van der Waals surface area contributed by atoms with Gasteiger partial charge in [0.2, 0.25) is 0 Å². The first-order valence-corrected chi connectivity index (χ1v) is 8.20. The molecule has 0 aliphatic rings. The van der Waals surface area contributed by atoms with Crippen molar-refractivity contribution in [2.45, 2.75) is 13.8 Å². The van der Waals surface area contributed by atoms with Crippen LogP contribution in [0.5, 0.6) is 0 Å². The molecule has 5 heteroatoms. The van der Waals surface area contributed by atoms with Crippen molar-refractivity contribution >= 4 is 17.5 Å². The molecule has 1 unspecified atom stereocenters. The van der Waals surface area contributed by atoms with Gasteiger partial charge in [0.15, 0.2) is 5.76 Å². The van der Waals surface area contributed by atoms with Crippen molar-refractivity contribution in [2.75, 3.05) is 26.7 Å². The average molecular weight is 335 g/mol. The summed E-state index contributed by atoms with van der Waals surface area (Å²) in [5.41, 5.74) is 0.783. The molecule has 0 fully saturated rings. The Morgan fingerprint density at radius 1 is 1.30 bits per heavy atom. The van der Waals surface area contributed by atoms with Gasteiger partial charge < -0.3 is 14.6 Å². The summed E-state index contributed by atoms with van der Waals surface area (Å²) in [5.74, 6) is 1.08. The van der Waals surface area contributed by atoms with E-state index < -0.39 is 0 Å². The Kier molecular flexibility index (Phi) is 6.25. The van der Waals surface area contributed by atoms with Crippen LogP contribution < -0.4 is 5.32 Å². The quantitative estimate of drug-likeness (QED) is 0.834. The molecule has 1 heterocycles. The van der Waals surface area contributed by atoms with Gasteiger partial charge in [-0.15, -0.1) is 0 Å². The Morgan fingerprint density at radius 3 is 2.74 bits per heavy atom. The Hall–Kier alpha value is -1.78. The van der Waals surface area contributed by atoms with Gasteiger partial charge in [-0.05, 0) is 43.8 Å². The Balaban J connectivity index is 1.95. The lowest BCUT2D eigenvalue weighted by atomic mass is 10.1. The molecule has 1 atom stereocenters. The zero-order valence-corrected chi connectivity index (χ0v) is 14.6. The molecule has 23 heavy (non-hydrogen) atoms. The summed E-state index contributed by atoms with van der Waals surface area (Å²) in [7, 11) is 2.07. The minimum Gasteiger partial charge on any atom is -0.451 e. The Morgan fingerprint density at radius 2 is 2.04 bits per heavy atom. The molecule has 0 spiro atoms. The van der Waals surface area contributed by atoms with E-state index >= 15 is 0 Å². The van der Waals surface area contributed by atoms with Crippen LogP contribution in [0.1, 0.15) is 24.4 Å². The number of hydrogen-bond donors (Lipinski definition) is 1. The molecule has 124 valence electrons. The van der Waals surface area contributed by atoms with Crippen LogP contribution >= 0.6 is 11.6 Å². The number of nitrogens with one attached hydrogen (secondary N) is 1. The van der Waals surface area contributed by atoms with Crippen molar-refractivity contribution in [1.29, 1.82) is 0 Å². The highest BCUT2D eigenvalue weighted by atomic mass is 35.5. The van der Waals surface area contributed by atoms with Gasteiger partial charge in [-0.3, -0.25) is 4.79 Å². The Bertz CT molecular complexity index is 654. The standard InChI is InChI=1S/C18H23ClN2O2/c1-4-21(3)12-13(2)11-20-18(22)17-10-9-16(23-17)14-7-5-6-8-15(14)19/h5-10,13H,4,11-12H2,1-3H3,(H,20,22). The monoisotopic (exact) mass is 334 g/mol. The molecule has 0 radical (unpaired) electrons. The molecule has 1 aromatic carbocycles. The second-order valence-electron chi connectivity index (χ2n) is 5.81. The van der Waals surface area contributed by atoms with Crippen molar-refractivity contribution in [1.82, 2.24) is 10.2 Å². The van der Waals surface area contributed by atoms with E-state index in [-0.39, 0.29) is 5.91 Å². The number of benzene rings is 1. The fraction of sp³-hybridized carbons (Fsp3) is 0.389. The molecule has 2 aromatic rings. The maximum absolute atomic E-state index is 12.2. The highest BCUT2D eigenvalue weighted by molar-refractivity contribution is 6.33. The number of rotatable bonds is 7. The van der Waals surface area contributed by atoms with Gasteiger partial charge in [0.25, 0.3) is 5.91 Å². The average Bonchev–Trinajstić information content (AvgIpc) is 3.02. The van der Waals surface area contributed by atoms with Crippen LogP contribution in [0.3, 0.4) is 0 Å². The summed E-state index contributed by atoms with van der Waals surface area (Å²) in [6.07, 6.45) is 0. The first-order chi connectivity index (χ1) is 11.0. The van der Waals surface area contributed by atoms with E-state index in [1.54, 1.807) is 18.2 Å². The number of carbonyl (C=O) groups excluding carboxylic acids is 1. The van der Waals surface area contributed by atoms with E-state index in [4.69, 9.17) is 16.0 Å². The largest absolute Gasteiger partial charge is 0.451 e. The van der Waals surface area contributed by atoms with E-state index in [1.165, 1.54) is 0 Å². The maximum atomic E-state index is 12.2. The number of nitrogens with zero attached hydrogens (tertiary/aromatic N) is 1. The third kappa shape index (κ3) is 4.85. The minimum atomic E-state index is -0.200. The van der Waals surface area contributed by atoms with Gasteiger partial charge in [-0.2, -0.15) is 0 Å². The van der Waals surface area contributed by atoms with Crippen LogP contribution in [0.15, 0.2) is 40.8 Å². The minimum absolute atomic E-state index is 0.200. The number of hydrogen-bond acceptors (Lipinski definition) is 3. The summed E-state index contributed by atoms with van der Waals surface area (Å²) >= 11 is 6.15. The van der Waals surface area contributed by atoms with Crippen LogP contribution in [0.4, 0.5) is 0 Å². The molecule has 1 N–H and O–H groups in total. The van der Waals surface area contributed by atoms with Crippen LogP contribution in [-0.2, 0) is 0 Å². The molecule has 1 amide bonds. The summed E-state index contributed by atoms with van der Waals surface area (Å²) < 4.78 is 5.64. The second kappa shape index (κ2) is 8.18. The van der Waals surface area contributed by atoms with Crippen molar-refractivity contribution < 1.29 is 9.21 Å². The molecule has 0 aliphatic carbocycles. The maximum Gasteiger partial charge on any atom is 0.287 e. The zero-order valence-electron chi connectivity index (χ0n) is 13.8. The van der Waals surface area contributed by atoms with E-state index in [0.29, 0.717) is 29.0 Å². The predicted molar refractivity (Wildman–Crippen MR) is 93.8 cm³/mol. The first-order valence-electron chi connectivity index (χ1n) is 7.82. The fourth-order valence-corrected chi connectivity index (χ4v) is 2.57. The third-order valence-corrected chi connectivity index (χ3v) is 4.07. The molecule has 0 saturated heterocycles. The number of amides is 1. The molecular weight excluding hydrogens is 312 g/mol. The second-order valence-corrected chi connectivity index (χ2v) is 6.22. The Labute approximate surface area is 142 Å². The van der Waals surface area contributed by atoms with Crippen LogP contribution in [0, 0.1) is 5.92 Å². The van der Waals surface area contributed by atoms with Crippen molar-refractivity contribution in [3.8, 4) is 11.3 Å². The van der Waals surface area contributed by atoms with Gasteiger partial charge in [0, 0.05) is 18.7 Å². The molecular formula is C18H23ClN2O2. The molecule has 2 rings (SSSR count). The fourth-order valence-electron chi connectivity index (χ4n) is 2.35. The highest BCUT2D eigenvalue weighted by Gasteiger charge is 2.14.